The summed E-state index contributed by atoms with van der Waals surface area (Å²) in [5.74, 6) is 2.02. The molecule has 2 rings (SSSR count). The fraction of sp³-hybridized carbons (Fsp3) is 1.00. The highest BCUT2D eigenvalue weighted by molar-refractivity contribution is 7.91. The van der Waals surface area contributed by atoms with Gasteiger partial charge in [0.25, 0.3) is 0 Å². The summed E-state index contributed by atoms with van der Waals surface area (Å²) in [6.07, 6.45) is 7.49. The molecule has 3 nitrogen and oxygen atoms in total. The van der Waals surface area contributed by atoms with Crippen LogP contribution in [0.4, 0.5) is 0 Å². The van der Waals surface area contributed by atoms with Gasteiger partial charge in [0.1, 0.15) is 0 Å². The zero-order valence-corrected chi connectivity index (χ0v) is 11.6. The molecule has 0 spiro atoms. The highest BCUT2D eigenvalue weighted by atomic mass is 32.2. The Balaban J connectivity index is 1.92. The highest BCUT2D eigenvalue weighted by Crippen LogP contribution is 2.32. The number of rotatable bonds is 5. The van der Waals surface area contributed by atoms with Crippen molar-refractivity contribution in [2.45, 2.75) is 51.5 Å². The van der Waals surface area contributed by atoms with Gasteiger partial charge in [-0.25, -0.2) is 8.42 Å². The zero-order chi connectivity index (χ0) is 12.3. The third kappa shape index (κ3) is 3.68. The maximum Gasteiger partial charge on any atom is 0.150 e. The normalized spacial score (nSPS) is 30.8. The van der Waals surface area contributed by atoms with E-state index in [-0.39, 0.29) is 0 Å². The summed E-state index contributed by atoms with van der Waals surface area (Å²) < 4.78 is 23.1. The molecule has 4 heteroatoms. The zero-order valence-electron chi connectivity index (χ0n) is 10.8. The number of hydrogen-bond donors (Lipinski definition) is 1. The minimum atomic E-state index is -2.73. The predicted octanol–water partition coefficient (Wildman–Crippen LogP) is 1.98. The molecule has 2 unspecified atom stereocenters. The van der Waals surface area contributed by atoms with Crippen molar-refractivity contribution >= 4 is 9.84 Å². The average Bonchev–Trinajstić information content (AvgIpc) is 2.87. The quantitative estimate of drug-likeness (QED) is 0.821. The summed E-state index contributed by atoms with van der Waals surface area (Å²) in [5.41, 5.74) is 0. The van der Waals surface area contributed by atoms with Crippen LogP contribution in [0, 0.1) is 11.8 Å². The molecule has 17 heavy (non-hydrogen) atoms. The maximum absolute atomic E-state index is 11.6. The van der Waals surface area contributed by atoms with Crippen molar-refractivity contribution in [3.63, 3.8) is 0 Å². The van der Waals surface area contributed by atoms with Gasteiger partial charge < -0.3 is 5.32 Å². The monoisotopic (exact) mass is 259 g/mol. The SMILES string of the molecule is CCNC(CC1CCCC1)C1CCS(=O)(=O)C1. The van der Waals surface area contributed by atoms with Crippen LogP contribution in [0.1, 0.15) is 45.4 Å². The van der Waals surface area contributed by atoms with Gasteiger partial charge in [-0.1, -0.05) is 32.6 Å². The molecule has 0 aromatic heterocycles. The predicted molar refractivity (Wildman–Crippen MR) is 70.8 cm³/mol. The largest absolute Gasteiger partial charge is 0.314 e. The minimum absolute atomic E-state index is 0.362. The van der Waals surface area contributed by atoms with E-state index in [1.165, 1.54) is 32.1 Å². The average molecular weight is 259 g/mol. The molecule has 0 radical (unpaired) electrons. The standard InChI is InChI=1S/C13H25NO2S/c1-2-14-13(9-11-5-3-4-6-11)12-7-8-17(15,16)10-12/h11-14H,2-10H2,1H3. The topological polar surface area (TPSA) is 46.2 Å². The summed E-state index contributed by atoms with van der Waals surface area (Å²) in [5, 5.41) is 3.52. The molecule has 0 bridgehead atoms. The summed E-state index contributed by atoms with van der Waals surface area (Å²) in [4.78, 5) is 0. The Morgan fingerprint density at radius 2 is 1.94 bits per heavy atom. The van der Waals surface area contributed by atoms with Gasteiger partial charge in [0.15, 0.2) is 9.84 Å². The van der Waals surface area contributed by atoms with E-state index < -0.39 is 9.84 Å². The first kappa shape index (κ1) is 13.3. The van der Waals surface area contributed by atoms with Crippen LogP contribution in [0.2, 0.25) is 0 Å². The first-order chi connectivity index (χ1) is 8.11. The van der Waals surface area contributed by atoms with Crippen LogP contribution in [-0.4, -0.2) is 32.5 Å². The molecule has 2 atom stereocenters. The molecule has 0 aromatic carbocycles. The Hall–Kier alpha value is -0.0900. The van der Waals surface area contributed by atoms with Crippen LogP contribution < -0.4 is 5.32 Å². The van der Waals surface area contributed by atoms with Crippen molar-refractivity contribution in [2.75, 3.05) is 18.1 Å². The van der Waals surface area contributed by atoms with E-state index in [9.17, 15) is 8.42 Å². The molecule has 1 saturated heterocycles. The Labute approximate surface area is 105 Å². The summed E-state index contributed by atoms with van der Waals surface area (Å²) in [6.45, 7) is 3.07. The fourth-order valence-corrected chi connectivity index (χ4v) is 5.33. The molecule has 1 aliphatic carbocycles. The van der Waals surface area contributed by atoms with Crippen molar-refractivity contribution in [1.29, 1.82) is 0 Å². The molecule has 100 valence electrons. The third-order valence-corrected chi connectivity index (χ3v) is 6.16. The lowest BCUT2D eigenvalue weighted by Crippen LogP contribution is -2.38. The molecule has 1 heterocycles. The molecular formula is C13H25NO2S. The molecule has 0 amide bonds. The van der Waals surface area contributed by atoms with E-state index >= 15 is 0 Å². The maximum atomic E-state index is 11.6. The van der Waals surface area contributed by atoms with Gasteiger partial charge in [0.2, 0.25) is 0 Å². The lowest BCUT2D eigenvalue weighted by Gasteiger charge is -2.26. The van der Waals surface area contributed by atoms with Gasteiger partial charge in [-0.3, -0.25) is 0 Å². The van der Waals surface area contributed by atoms with Gasteiger partial charge in [0, 0.05) is 6.04 Å². The van der Waals surface area contributed by atoms with Crippen molar-refractivity contribution in [3.8, 4) is 0 Å². The summed E-state index contributed by atoms with van der Waals surface area (Å²) in [7, 11) is -2.73. The first-order valence-electron chi connectivity index (χ1n) is 7.04. The number of sulfone groups is 1. The molecule has 2 fully saturated rings. The molecule has 1 saturated carbocycles. The van der Waals surface area contributed by atoms with E-state index in [4.69, 9.17) is 0 Å². The van der Waals surface area contributed by atoms with Crippen LogP contribution in [0.15, 0.2) is 0 Å². The number of nitrogens with one attached hydrogen (secondary N) is 1. The minimum Gasteiger partial charge on any atom is -0.314 e. The van der Waals surface area contributed by atoms with Gasteiger partial charge in [-0.05, 0) is 31.2 Å². The van der Waals surface area contributed by atoms with Crippen LogP contribution in [0.5, 0.6) is 0 Å². The fourth-order valence-electron chi connectivity index (χ4n) is 3.45. The highest BCUT2D eigenvalue weighted by Gasteiger charge is 2.34. The molecule has 2 aliphatic rings. The molecule has 1 aliphatic heterocycles. The van der Waals surface area contributed by atoms with Crippen LogP contribution in [0.3, 0.4) is 0 Å². The van der Waals surface area contributed by atoms with Crippen molar-refractivity contribution in [2.24, 2.45) is 11.8 Å². The molecule has 1 N–H and O–H groups in total. The van der Waals surface area contributed by atoms with E-state index in [1.807, 2.05) is 0 Å². The smallest absolute Gasteiger partial charge is 0.150 e. The van der Waals surface area contributed by atoms with Crippen LogP contribution in [-0.2, 0) is 9.84 Å². The second-order valence-corrected chi connectivity index (χ2v) is 7.94. The Morgan fingerprint density at radius 3 is 2.47 bits per heavy atom. The first-order valence-corrected chi connectivity index (χ1v) is 8.86. The van der Waals surface area contributed by atoms with Crippen LogP contribution >= 0.6 is 0 Å². The summed E-state index contributed by atoms with van der Waals surface area (Å²) >= 11 is 0. The van der Waals surface area contributed by atoms with E-state index in [0.29, 0.717) is 23.5 Å². The van der Waals surface area contributed by atoms with Crippen molar-refractivity contribution < 1.29 is 8.42 Å². The van der Waals surface area contributed by atoms with E-state index in [2.05, 4.69) is 12.2 Å². The van der Waals surface area contributed by atoms with Crippen molar-refractivity contribution in [1.82, 2.24) is 5.32 Å². The number of hydrogen-bond acceptors (Lipinski definition) is 3. The Bertz CT molecular complexity index is 333. The van der Waals surface area contributed by atoms with Gasteiger partial charge >= 0.3 is 0 Å². The third-order valence-electron chi connectivity index (χ3n) is 4.37. The Morgan fingerprint density at radius 1 is 1.24 bits per heavy atom. The second-order valence-electron chi connectivity index (χ2n) is 5.71. The molecular weight excluding hydrogens is 234 g/mol. The summed E-state index contributed by atoms with van der Waals surface area (Å²) in [6, 6.07) is 0.431. The van der Waals surface area contributed by atoms with E-state index in [0.717, 1.165) is 18.9 Å². The lowest BCUT2D eigenvalue weighted by atomic mass is 9.89. The van der Waals surface area contributed by atoms with Crippen LogP contribution in [0.25, 0.3) is 0 Å². The van der Waals surface area contributed by atoms with Gasteiger partial charge in [0.05, 0.1) is 11.5 Å². The molecule has 0 aromatic rings. The van der Waals surface area contributed by atoms with Gasteiger partial charge in [-0.2, -0.15) is 0 Å². The van der Waals surface area contributed by atoms with Crippen molar-refractivity contribution in [3.05, 3.63) is 0 Å². The Kier molecular flexibility index (Phi) is 4.47. The van der Waals surface area contributed by atoms with Gasteiger partial charge in [-0.15, -0.1) is 0 Å². The lowest BCUT2D eigenvalue weighted by molar-refractivity contribution is 0.314. The second kappa shape index (κ2) is 5.70. The van der Waals surface area contributed by atoms with E-state index in [1.54, 1.807) is 0 Å².